The first-order valence-corrected chi connectivity index (χ1v) is 5.11. The van der Waals surface area contributed by atoms with E-state index in [-0.39, 0.29) is 0 Å². The van der Waals surface area contributed by atoms with Crippen LogP contribution in [0.1, 0.15) is 25.7 Å². The number of hydrogen-bond donors (Lipinski definition) is 0. The molecule has 0 rings (SSSR count). The molecule has 0 bridgehead atoms. The number of thioether (sulfide) groups is 1. The van der Waals surface area contributed by atoms with Gasteiger partial charge in [-0.1, -0.05) is 12.7 Å². The summed E-state index contributed by atoms with van der Waals surface area (Å²) in [5, 5.41) is 0. The van der Waals surface area contributed by atoms with Gasteiger partial charge in [-0.3, -0.25) is 0 Å². The van der Waals surface area contributed by atoms with Crippen molar-refractivity contribution in [3.05, 3.63) is 29.9 Å². The van der Waals surface area contributed by atoms with E-state index in [9.17, 15) is 0 Å². The molecular weight excluding hydrogens is 152 g/mol. The fraction of sp³-hybridized carbons (Fsp3) is 0.500. The summed E-state index contributed by atoms with van der Waals surface area (Å²) in [6, 6.07) is 0. The van der Waals surface area contributed by atoms with Gasteiger partial charge in [-0.2, -0.15) is 0 Å². The van der Waals surface area contributed by atoms with Crippen molar-refractivity contribution < 1.29 is 0 Å². The normalized spacial score (nSPS) is 8.82. The molecule has 0 aliphatic carbocycles. The maximum absolute atomic E-state index is 3.68. The van der Waals surface area contributed by atoms with E-state index in [0.717, 1.165) is 12.8 Å². The summed E-state index contributed by atoms with van der Waals surface area (Å²) < 4.78 is 0. The predicted molar refractivity (Wildman–Crippen MR) is 54.8 cm³/mol. The molecule has 0 spiro atoms. The van der Waals surface area contributed by atoms with Gasteiger partial charge in [0.1, 0.15) is 0 Å². The molecule has 0 aromatic rings. The summed E-state index contributed by atoms with van der Waals surface area (Å²) >= 11 is 1.75. The SMILES string of the molecule is C=C=C(CCCCC=C)SC. The van der Waals surface area contributed by atoms with Crippen molar-refractivity contribution in [2.24, 2.45) is 0 Å². The maximum atomic E-state index is 3.68. The Bertz CT molecular complexity index is 152. The third kappa shape index (κ3) is 6.03. The lowest BCUT2D eigenvalue weighted by atomic mass is 10.2. The van der Waals surface area contributed by atoms with Crippen molar-refractivity contribution in [3.63, 3.8) is 0 Å². The van der Waals surface area contributed by atoms with Crippen LogP contribution in [0.25, 0.3) is 0 Å². The number of hydrogen-bond acceptors (Lipinski definition) is 1. The highest BCUT2D eigenvalue weighted by atomic mass is 32.2. The Labute approximate surface area is 74.1 Å². The predicted octanol–water partition coefficient (Wildman–Crippen LogP) is 3.76. The monoisotopic (exact) mass is 168 g/mol. The Kier molecular flexibility index (Phi) is 7.44. The third-order valence-corrected chi connectivity index (χ3v) is 2.35. The smallest absolute Gasteiger partial charge is 0.0256 e. The minimum Gasteiger partial charge on any atom is -0.126 e. The van der Waals surface area contributed by atoms with Crippen LogP contribution >= 0.6 is 11.8 Å². The standard InChI is InChI=1S/C10H16S/c1-4-6-7-8-9-10(5-2)11-3/h4H,1-2,6-9H2,3H3. The molecule has 0 atom stereocenters. The second-order valence-electron chi connectivity index (χ2n) is 2.34. The van der Waals surface area contributed by atoms with E-state index >= 15 is 0 Å². The lowest BCUT2D eigenvalue weighted by molar-refractivity contribution is 0.759. The van der Waals surface area contributed by atoms with Crippen LogP contribution in [0, 0.1) is 0 Å². The molecule has 0 saturated heterocycles. The molecule has 0 radical (unpaired) electrons. The molecule has 0 saturated carbocycles. The van der Waals surface area contributed by atoms with Crippen molar-refractivity contribution >= 4 is 11.8 Å². The molecular formula is C10H16S. The average molecular weight is 168 g/mol. The fourth-order valence-electron chi connectivity index (χ4n) is 0.837. The second-order valence-corrected chi connectivity index (χ2v) is 3.24. The van der Waals surface area contributed by atoms with Gasteiger partial charge in [0.15, 0.2) is 0 Å². The third-order valence-electron chi connectivity index (χ3n) is 1.51. The molecule has 0 aliphatic rings. The van der Waals surface area contributed by atoms with Gasteiger partial charge in [0.05, 0.1) is 0 Å². The van der Waals surface area contributed by atoms with Crippen LogP contribution in [0.5, 0.6) is 0 Å². The van der Waals surface area contributed by atoms with Crippen LogP contribution in [-0.2, 0) is 0 Å². The van der Waals surface area contributed by atoms with E-state index in [1.54, 1.807) is 11.8 Å². The van der Waals surface area contributed by atoms with Crippen molar-refractivity contribution in [3.8, 4) is 0 Å². The highest BCUT2D eigenvalue weighted by molar-refractivity contribution is 8.02. The lowest BCUT2D eigenvalue weighted by Gasteiger charge is -1.98. The number of unbranched alkanes of at least 4 members (excludes halogenated alkanes) is 2. The molecule has 0 amide bonds. The Balaban J connectivity index is 3.37. The minimum absolute atomic E-state index is 1.12. The van der Waals surface area contributed by atoms with Gasteiger partial charge in [0, 0.05) is 4.91 Å². The van der Waals surface area contributed by atoms with Crippen LogP contribution in [0.15, 0.2) is 29.9 Å². The molecule has 0 unspecified atom stereocenters. The highest BCUT2D eigenvalue weighted by Gasteiger charge is 1.92. The zero-order chi connectivity index (χ0) is 8.53. The summed E-state index contributed by atoms with van der Waals surface area (Å²) in [6.07, 6.45) is 8.74. The highest BCUT2D eigenvalue weighted by Crippen LogP contribution is 2.17. The van der Waals surface area contributed by atoms with Gasteiger partial charge in [-0.25, -0.2) is 0 Å². The quantitative estimate of drug-likeness (QED) is 0.330. The van der Waals surface area contributed by atoms with E-state index in [1.165, 1.54) is 17.7 Å². The van der Waals surface area contributed by atoms with Gasteiger partial charge in [-0.15, -0.1) is 24.1 Å². The lowest BCUT2D eigenvalue weighted by Crippen LogP contribution is -1.77. The van der Waals surface area contributed by atoms with Crippen LogP contribution < -0.4 is 0 Å². The first-order valence-electron chi connectivity index (χ1n) is 3.89. The summed E-state index contributed by atoms with van der Waals surface area (Å²) in [5.74, 6) is 0. The van der Waals surface area contributed by atoms with Crippen molar-refractivity contribution in [1.82, 2.24) is 0 Å². The summed E-state index contributed by atoms with van der Waals surface area (Å²) in [7, 11) is 0. The van der Waals surface area contributed by atoms with Crippen LogP contribution in [-0.4, -0.2) is 6.26 Å². The molecule has 0 nitrogen and oxygen atoms in total. The van der Waals surface area contributed by atoms with E-state index < -0.39 is 0 Å². The number of rotatable bonds is 6. The minimum atomic E-state index is 1.12. The van der Waals surface area contributed by atoms with Crippen LogP contribution in [0.3, 0.4) is 0 Å². The van der Waals surface area contributed by atoms with Crippen LogP contribution in [0.4, 0.5) is 0 Å². The van der Waals surface area contributed by atoms with Crippen LogP contribution in [0.2, 0.25) is 0 Å². The summed E-state index contributed by atoms with van der Waals surface area (Å²) in [4.78, 5) is 1.27. The molecule has 0 aliphatic heterocycles. The fourth-order valence-corrected chi connectivity index (χ4v) is 1.33. The Hall–Kier alpha value is -0.390. The Morgan fingerprint density at radius 2 is 2.27 bits per heavy atom. The van der Waals surface area contributed by atoms with E-state index in [2.05, 4.69) is 25.1 Å². The van der Waals surface area contributed by atoms with E-state index in [0.29, 0.717) is 0 Å². The van der Waals surface area contributed by atoms with E-state index in [1.807, 2.05) is 6.08 Å². The molecule has 11 heavy (non-hydrogen) atoms. The van der Waals surface area contributed by atoms with E-state index in [4.69, 9.17) is 0 Å². The largest absolute Gasteiger partial charge is 0.126 e. The summed E-state index contributed by atoms with van der Waals surface area (Å²) in [6.45, 7) is 7.31. The maximum Gasteiger partial charge on any atom is 0.0256 e. The van der Waals surface area contributed by atoms with Gasteiger partial charge >= 0.3 is 0 Å². The molecule has 0 heterocycles. The molecule has 0 aromatic heterocycles. The Morgan fingerprint density at radius 1 is 1.55 bits per heavy atom. The van der Waals surface area contributed by atoms with Gasteiger partial charge < -0.3 is 0 Å². The second kappa shape index (κ2) is 7.71. The number of allylic oxidation sites excluding steroid dienone is 2. The van der Waals surface area contributed by atoms with Gasteiger partial charge in [0.2, 0.25) is 0 Å². The Morgan fingerprint density at radius 3 is 2.73 bits per heavy atom. The van der Waals surface area contributed by atoms with Crippen molar-refractivity contribution in [2.75, 3.05) is 6.26 Å². The summed E-state index contributed by atoms with van der Waals surface area (Å²) in [5.41, 5.74) is 2.93. The van der Waals surface area contributed by atoms with Gasteiger partial charge in [-0.05, 0) is 31.9 Å². The molecule has 0 aromatic carbocycles. The molecule has 62 valence electrons. The topological polar surface area (TPSA) is 0 Å². The zero-order valence-corrected chi connectivity index (χ0v) is 8.04. The average Bonchev–Trinajstić information content (AvgIpc) is 2.05. The first-order chi connectivity index (χ1) is 5.35. The van der Waals surface area contributed by atoms with Crippen molar-refractivity contribution in [1.29, 1.82) is 0 Å². The molecule has 0 N–H and O–H groups in total. The molecule has 1 heteroatoms. The molecule has 0 fully saturated rings. The van der Waals surface area contributed by atoms with Gasteiger partial charge in [0.25, 0.3) is 0 Å². The zero-order valence-electron chi connectivity index (χ0n) is 7.23. The van der Waals surface area contributed by atoms with Crippen molar-refractivity contribution in [2.45, 2.75) is 25.7 Å². The first kappa shape index (κ1) is 10.6.